The molecule has 168 valence electrons. The van der Waals surface area contributed by atoms with Gasteiger partial charge < -0.3 is 19.6 Å². The average molecular weight is 472 g/mol. The van der Waals surface area contributed by atoms with Crippen molar-refractivity contribution >= 4 is 47.7 Å². The monoisotopic (exact) mass is 471 g/mol. The molecule has 1 aliphatic heterocycles. The van der Waals surface area contributed by atoms with Gasteiger partial charge in [0.05, 0.1) is 11.6 Å². The molecule has 1 aromatic heterocycles. The van der Waals surface area contributed by atoms with Crippen LogP contribution in [0.25, 0.3) is 6.08 Å². The van der Waals surface area contributed by atoms with E-state index in [0.29, 0.717) is 24.0 Å². The van der Waals surface area contributed by atoms with Crippen LogP contribution in [0.4, 0.5) is 0 Å². The normalized spacial score (nSPS) is 17.0. The highest BCUT2D eigenvalue weighted by Crippen LogP contribution is 2.26. The molecule has 2 N–H and O–H groups in total. The topological polar surface area (TPSA) is 83.5 Å². The highest BCUT2D eigenvalue weighted by molar-refractivity contribution is 7.97. The summed E-state index contributed by atoms with van der Waals surface area (Å²) in [5, 5.41) is 9.36. The fourth-order valence-corrected chi connectivity index (χ4v) is 4.31. The Morgan fingerprint density at radius 3 is 2.66 bits per heavy atom. The summed E-state index contributed by atoms with van der Waals surface area (Å²) in [4.78, 5) is 31.2. The van der Waals surface area contributed by atoms with Crippen LogP contribution >= 0.6 is 23.5 Å². The van der Waals surface area contributed by atoms with Gasteiger partial charge in [0.1, 0.15) is 18.2 Å². The summed E-state index contributed by atoms with van der Waals surface area (Å²) in [5.74, 6) is 0.315. The van der Waals surface area contributed by atoms with E-state index in [0.717, 1.165) is 28.1 Å². The number of piperazine rings is 1. The van der Waals surface area contributed by atoms with Gasteiger partial charge in [-0.3, -0.25) is 10.2 Å². The minimum Gasteiger partial charge on any atom is -0.363 e. The number of nitrogens with zero attached hydrogens (tertiary/aromatic N) is 3. The highest BCUT2D eigenvalue weighted by atomic mass is 35.5. The fraction of sp³-hybridized carbons (Fsp3) is 0.261. The predicted molar refractivity (Wildman–Crippen MR) is 130 cm³/mol. The zero-order valence-corrected chi connectivity index (χ0v) is 19.6. The molecule has 1 saturated heterocycles. The molecule has 9 heteroatoms. The number of hydrogen-bond acceptors (Lipinski definition) is 5. The van der Waals surface area contributed by atoms with Gasteiger partial charge in [-0.25, -0.2) is 4.31 Å². The fourth-order valence-electron chi connectivity index (χ4n) is 3.27. The second kappa shape index (κ2) is 10.7. The molecule has 3 rings (SSSR count). The predicted octanol–water partition coefficient (Wildman–Crippen LogP) is 3.59. The summed E-state index contributed by atoms with van der Waals surface area (Å²) in [5.41, 5.74) is 2.59. The third kappa shape index (κ3) is 6.12. The van der Waals surface area contributed by atoms with Gasteiger partial charge >= 0.3 is 0 Å². The maximum Gasteiger partial charge on any atom is 0.238 e. The maximum absolute atomic E-state index is 12.8. The molecule has 7 nitrogen and oxygen atoms in total. The van der Waals surface area contributed by atoms with Gasteiger partial charge in [0.25, 0.3) is 0 Å². The first-order valence-corrected chi connectivity index (χ1v) is 11.2. The van der Waals surface area contributed by atoms with Gasteiger partial charge in [-0.1, -0.05) is 42.4 Å². The van der Waals surface area contributed by atoms with Crippen molar-refractivity contribution in [2.45, 2.75) is 17.6 Å². The van der Waals surface area contributed by atoms with Crippen molar-refractivity contribution in [3.05, 3.63) is 70.9 Å². The lowest BCUT2D eigenvalue weighted by Crippen LogP contribution is -2.54. The lowest BCUT2D eigenvalue weighted by Gasteiger charge is -2.37. The number of carbonyl (C=O) groups excluding carboxylic acids is 2. The van der Waals surface area contributed by atoms with E-state index in [1.165, 1.54) is 11.9 Å². The second-order valence-electron chi connectivity index (χ2n) is 7.64. The molecular formula is C23H26ClN5O2S. The zero-order chi connectivity index (χ0) is 23.3. The molecule has 1 aliphatic rings. The Balaban J connectivity index is 1.63. The third-order valence-corrected chi connectivity index (χ3v) is 6.06. The average Bonchev–Trinajstić information content (AvgIpc) is 3.21. The minimum atomic E-state index is -0.530. The first-order valence-electron chi connectivity index (χ1n) is 10.0. The summed E-state index contributed by atoms with van der Waals surface area (Å²) in [6.07, 6.45) is 4.35. The molecule has 1 atom stereocenters. The van der Waals surface area contributed by atoms with Gasteiger partial charge in [-0.05, 0) is 41.8 Å². The molecule has 1 fully saturated rings. The first kappa shape index (κ1) is 23.8. The third-order valence-electron chi connectivity index (χ3n) is 4.96. The van der Waals surface area contributed by atoms with E-state index in [2.05, 4.69) is 11.6 Å². The lowest BCUT2D eigenvalue weighted by atomic mass is 10.1. The molecule has 1 aromatic carbocycles. The molecule has 0 bridgehead atoms. The van der Waals surface area contributed by atoms with Crippen molar-refractivity contribution in [2.75, 3.05) is 27.2 Å². The molecule has 1 unspecified atom stereocenters. The molecule has 0 spiro atoms. The molecule has 0 aliphatic carbocycles. The number of H-pyrrole nitrogens is 1. The number of halogens is 1. The number of aldehydes is 1. The lowest BCUT2D eigenvalue weighted by molar-refractivity contribution is -0.141. The molecule has 2 aromatic rings. The van der Waals surface area contributed by atoms with E-state index in [1.54, 1.807) is 15.9 Å². The van der Waals surface area contributed by atoms with E-state index in [1.807, 2.05) is 60.9 Å². The molecule has 32 heavy (non-hydrogen) atoms. The van der Waals surface area contributed by atoms with E-state index in [4.69, 9.17) is 17.0 Å². The van der Waals surface area contributed by atoms with Gasteiger partial charge in [0, 0.05) is 43.5 Å². The summed E-state index contributed by atoms with van der Waals surface area (Å²) < 4.78 is 1.89. The summed E-state index contributed by atoms with van der Waals surface area (Å²) in [6.45, 7) is 4.62. The number of aromatic nitrogens is 1. The Morgan fingerprint density at radius 1 is 1.31 bits per heavy atom. The molecule has 0 saturated carbocycles. The highest BCUT2D eigenvalue weighted by Gasteiger charge is 2.33. The maximum atomic E-state index is 12.8. The van der Waals surface area contributed by atoms with Crippen LogP contribution in [0.2, 0.25) is 0 Å². The van der Waals surface area contributed by atoms with Crippen LogP contribution in [-0.2, 0) is 16.1 Å². The Hall–Kier alpha value is -2.81. The Bertz CT molecular complexity index is 1030. The van der Waals surface area contributed by atoms with Crippen LogP contribution in [0.15, 0.2) is 59.1 Å². The number of aromatic amines is 1. The van der Waals surface area contributed by atoms with Crippen molar-refractivity contribution in [1.29, 1.82) is 5.41 Å². The van der Waals surface area contributed by atoms with Crippen molar-refractivity contribution in [2.24, 2.45) is 0 Å². The van der Waals surface area contributed by atoms with Crippen LogP contribution in [0.3, 0.4) is 0 Å². The molecule has 2 heterocycles. The summed E-state index contributed by atoms with van der Waals surface area (Å²) in [6, 6.07) is 10.8. The Kier molecular flexibility index (Phi) is 7.95. The van der Waals surface area contributed by atoms with E-state index >= 15 is 0 Å². The molecular weight excluding hydrogens is 446 g/mol. The van der Waals surface area contributed by atoms with Crippen LogP contribution in [0, 0.1) is 5.41 Å². The van der Waals surface area contributed by atoms with Crippen LogP contribution < -0.4 is 0 Å². The van der Waals surface area contributed by atoms with Crippen LogP contribution in [0.5, 0.6) is 0 Å². The number of amidine groups is 1. The quantitative estimate of drug-likeness (QED) is 0.202. The van der Waals surface area contributed by atoms with Crippen molar-refractivity contribution in [3.8, 4) is 0 Å². The van der Waals surface area contributed by atoms with Crippen molar-refractivity contribution in [3.63, 3.8) is 0 Å². The number of benzene rings is 1. The van der Waals surface area contributed by atoms with Gasteiger partial charge in [-0.15, -0.1) is 0 Å². The number of rotatable bonds is 8. The van der Waals surface area contributed by atoms with E-state index in [9.17, 15) is 9.59 Å². The SMILES string of the molecule is C=C(Cl)/C=C\c1ccc(SN2CC(=O)N(Cc3ccc(C(=N)N(C)C)cc3)C(C=O)C2)[nH]1. The first-order chi connectivity index (χ1) is 15.3. The summed E-state index contributed by atoms with van der Waals surface area (Å²) in [7, 11) is 3.64. The van der Waals surface area contributed by atoms with Gasteiger partial charge in [0.15, 0.2) is 0 Å². The van der Waals surface area contributed by atoms with Crippen molar-refractivity contribution in [1.82, 2.24) is 19.1 Å². The minimum absolute atomic E-state index is 0.101. The van der Waals surface area contributed by atoms with Crippen LogP contribution in [-0.4, -0.2) is 70.3 Å². The Labute approximate surface area is 197 Å². The summed E-state index contributed by atoms with van der Waals surface area (Å²) >= 11 is 7.16. The number of amides is 1. The number of hydrogen-bond donors (Lipinski definition) is 2. The number of nitrogens with one attached hydrogen (secondary N) is 2. The van der Waals surface area contributed by atoms with E-state index in [-0.39, 0.29) is 12.5 Å². The van der Waals surface area contributed by atoms with Crippen LogP contribution in [0.1, 0.15) is 16.8 Å². The van der Waals surface area contributed by atoms with Gasteiger partial charge in [0.2, 0.25) is 5.91 Å². The Morgan fingerprint density at radius 2 is 2.03 bits per heavy atom. The zero-order valence-electron chi connectivity index (χ0n) is 18.0. The molecule has 0 radical (unpaired) electrons. The number of allylic oxidation sites excluding steroid dienone is 2. The standard InChI is InChI=1S/C23H26ClN5O2S/c1-16(24)4-9-19-10-11-21(26-19)32-28-13-20(15-30)29(22(31)14-28)12-17-5-7-18(8-6-17)23(25)27(2)3/h4-11,15,20,25-26H,1,12-14H2,2-3H3/b9-4-,25-23?. The van der Waals surface area contributed by atoms with Crippen molar-refractivity contribution < 1.29 is 9.59 Å². The molecule has 1 amide bonds. The van der Waals surface area contributed by atoms with E-state index < -0.39 is 6.04 Å². The number of carbonyl (C=O) groups is 2. The van der Waals surface area contributed by atoms with Gasteiger partial charge in [-0.2, -0.15) is 0 Å². The smallest absolute Gasteiger partial charge is 0.238 e. The second-order valence-corrected chi connectivity index (χ2v) is 9.26. The largest absolute Gasteiger partial charge is 0.363 e.